The van der Waals surface area contributed by atoms with Gasteiger partial charge in [-0.05, 0) is 25.8 Å². The number of hydrogen-bond donors (Lipinski definition) is 3. The van der Waals surface area contributed by atoms with E-state index in [1.807, 2.05) is 24.3 Å². The SMILES string of the molecule is CNC(=O)NC(=O)C(C)Oc1ccccc1CNC1CC1. The van der Waals surface area contributed by atoms with Gasteiger partial charge in [-0.2, -0.15) is 0 Å². The predicted molar refractivity (Wildman–Crippen MR) is 79.0 cm³/mol. The van der Waals surface area contributed by atoms with Crippen LogP contribution in [0.2, 0.25) is 0 Å². The average Bonchev–Trinajstić information content (AvgIpc) is 3.30. The van der Waals surface area contributed by atoms with Crippen LogP contribution in [0.5, 0.6) is 5.75 Å². The van der Waals surface area contributed by atoms with E-state index < -0.39 is 18.0 Å². The molecule has 1 atom stereocenters. The molecule has 0 aromatic heterocycles. The highest BCUT2D eigenvalue weighted by molar-refractivity contribution is 5.96. The monoisotopic (exact) mass is 291 g/mol. The number of nitrogens with one attached hydrogen (secondary N) is 3. The van der Waals surface area contributed by atoms with Crippen LogP contribution in [0.25, 0.3) is 0 Å². The molecule has 0 spiro atoms. The standard InChI is InChI=1S/C15H21N3O3/c1-10(14(19)18-15(20)16-2)21-13-6-4-3-5-11(13)9-17-12-7-8-12/h3-6,10,12,17H,7-9H2,1-2H3,(H2,16,18,19,20). The van der Waals surface area contributed by atoms with Crippen LogP contribution in [0.15, 0.2) is 24.3 Å². The third-order valence-corrected chi connectivity index (χ3v) is 3.27. The van der Waals surface area contributed by atoms with E-state index in [9.17, 15) is 9.59 Å². The van der Waals surface area contributed by atoms with E-state index in [0.29, 0.717) is 18.3 Å². The van der Waals surface area contributed by atoms with Crippen LogP contribution >= 0.6 is 0 Å². The van der Waals surface area contributed by atoms with Crippen LogP contribution in [0.4, 0.5) is 4.79 Å². The lowest BCUT2D eigenvalue weighted by Crippen LogP contribution is -2.44. The Hall–Kier alpha value is -2.08. The number of rotatable bonds is 6. The number of urea groups is 1. The number of carbonyl (C=O) groups is 2. The van der Waals surface area contributed by atoms with Gasteiger partial charge in [0.05, 0.1) is 0 Å². The van der Waals surface area contributed by atoms with Gasteiger partial charge in [0.2, 0.25) is 0 Å². The maximum atomic E-state index is 11.8. The topological polar surface area (TPSA) is 79.5 Å². The molecular formula is C15H21N3O3. The van der Waals surface area contributed by atoms with Gasteiger partial charge in [-0.15, -0.1) is 0 Å². The zero-order valence-electron chi connectivity index (χ0n) is 12.3. The summed E-state index contributed by atoms with van der Waals surface area (Å²) in [7, 11) is 1.45. The lowest BCUT2D eigenvalue weighted by molar-refractivity contribution is -0.126. The summed E-state index contributed by atoms with van der Waals surface area (Å²) in [6.07, 6.45) is 1.69. The molecule has 1 aromatic carbocycles. The van der Waals surface area contributed by atoms with Crippen molar-refractivity contribution in [2.24, 2.45) is 0 Å². The molecule has 0 heterocycles. The number of imide groups is 1. The fourth-order valence-electron chi connectivity index (χ4n) is 1.83. The molecule has 1 aromatic rings. The average molecular weight is 291 g/mol. The maximum Gasteiger partial charge on any atom is 0.321 e. The van der Waals surface area contributed by atoms with Gasteiger partial charge in [-0.3, -0.25) is 10.1 Å². The Bertz CT molecular complexity index is 515. The van der Waals surface area contributed by atoms with Crippen molar-refractivity contribution in [3.63, 3.8) is 0 Å². The smallest absolute Gasteiger partial charge is 0.321 e. The molecule has 2 rings (SSSR count). The van der Waals surface area contributed by atoms with E-state index in [1.165, 1.54) is 19.9 Å². The number of ether oxygens (including phenoxy) is 1. The third kappa shape index (κ3) is 4.75. The normalized spacial score (nSPS) is 15.1. The second kappa shape index (κ2) is 7.08. The van der Waals surface area contributed by atoms with Gasteiger partial charge < -0.3 is 15.4 Å². The highest BCUT2D eigenvalue weighted by atomic mass is 16.5. The largest absolute Gasteiger partial charge is 0.481 e. The van der Waals surface area contributed by atoms with Gasteiger partial charge in [0.1, 0.15) is 5.75 Å². The van der Waals surface area contributed by atoms with Crippen molar-refractivity contribution >= 4 is 11.9 Å². The summed E-state index contributed by atoms with van der Waals surface area (Å²) in [5.41, 5.74) is 1.00. The van der Waals surface area contributed by atoms with E-state index in [0.717, 1.165) is 5.56 Å². The molecule has 1 aliphatic rings. The Morgan fingerprint density at radius 2 is 2.05 bits per heavy atom. The lowest BCUT2D eigenvalue weighted by Gasteiger charge is -2.17. The zero-order valence-corrected chi connectivity index (χ0v) is 12.3. The molecule has 114 valence electrons. The van der Waals surface area contributed by atoms with Crippen molar-refractivity contribution in [1.29, 1.82) is 0 Å². The highest BCUT2D eigenvalue weighted by Gasteiger charge is 2.21. The minimum Gasteiger partial charge on any atom is -0.481 e. The molecule has 1 fully saturated rings. The number of benzene rings is 1. The van der Waals surface area contributed by atoms with E-state index in [-0.39, 0.29) is 0 Å². The van der Waals surface area contributed by atoms with Gasteiger partial charge in [-0.1, -0.05) is 18.2 Å². The summed E-state index contributed by atoms with van der Waals surface area (Å²) in [6.45, 7) is 2.33. The predicted octanol–water partition coefficient (Wildman–Crippen LogP) is 1.16. The van der Waals surface area contributed by atoms with E-state index in [2.05, 4.69) is 16.0 Å². The molecule has 0 radical (unpaired) electrons. The van der Waals surface area contributed by atoms with Crippen molar-refractivity contribution in [3.05, 3.63) is 29.8 Å². The molecule has 1 unspecified atom stereocenters. The first-order valence-corrected chi connectivity index (χ1v) is 7.10. The fraction of sp³-hybridized carbons (Fsp3) is 0.467. The fourth-order valence-corrected chi connectivity index (χ4v) is 1.83. The summed E-state index contributed by atoms with van der Waals surface area (Å²) in [5.74, 6) is 0.185. The number of hydrogen-bond acceptors (Lipinski definition) is 4. The molecule has 6 heteroatoms. The third-order valence-electron chi connectivity index (χ3n) is 3.27. The van der Waals surface area contributed by atoms with E-state index in [1.54, 1.807) is 6.92 Å². The Balaban J connectivity index is 1.94. The van der Waals surface area contributed by atoms with Gasteiger partial charge in [-0.25, -0.2) is 4.79 Å². The highest BCUT2D eigenvalue weighted by Crippen LogP contribution is 2.23. The summed E-state index contributed by atoms with van der Waals surface area (Å²) >= 11 is 0. The van der Waals surface area contributed by atoms with Gasteiger partial charge in [0.25, 0.3) is 5.91 Å². The molecule has 3 amide bonds. The van der Waals surface area contributed by atoms with Crippen LogP contribution in [0.1, 0.15) is 25.3 Å². The minimum atomic E-state index is -0.746. The van der Waals surface area contributed by atoms with Crippen molar-refractivity contribution < 1.29 is 14.3 Å². The quantitative estimate of drug-likeness (QED) is 0.735. The maximum absolute atomic E-state index is 11.8. The van der Waals surface area contributed by atoms with Crippen molar-refractivity contribution in [3.8, 4) is 5.75 Å². The first kappa shape index (κ1) is 15.3. The minimum absolute atomic E-state index is 0.473. The van der Waals surface area contributed by atoms with E-state index >= 15 is 0 Å². The van der Waals surface area contributed by atoms with Crippen LogP contribution < -0.4 is 20.7 Å². The van der Waals surface area contributed by atoms with Crippen LogP contribution in [0.3, 0.4) is 0 Å². The summed E-state index contributed by atoms with van der Waals surface area (Å²) in [6, 6.07) is 7.65. The summed E-state index contributed by atoms with van der Waals surface area (Å²) in [5, 5.41) is 7.94. The first-order valence-electron chi connectivity index (χ1n) is 7.10. The van der Waals surface area contributed by atoms with Gasteiger partial charge in [0, 0.05) is 25.2 Å². The Kier molecular flexibility index (Phi) is 5.16. The molecule has 6 nitrogen and oxygen atoms in total. The van der Waals surface area contributed by atoms with Crippen molar-refractivity contribution in [2.75, 3.05) is 7.05 Å². The molecule has 3 N–H and O–H groups in total. The molecule has 0 saturated heterocycles. The van der Waals surface area contributed by atoms with Crippen molar-refractivity contribution in [2.45, 2.75) is 38.5 Å². The molecule has 0 aliphatic heterocycles. The second-order valence-electron chi connectivity index (χ2n) is 5.09. The van der Waals surface area contributed by atoms with Crippen molar-refractivity contribution in [1.82, 2.24) is 16.0 Å². The Labute approximate surface area is 124 Å². The zero-order chi connectivity index (χ0) is 15.2. The number of para-hydroxylation sites is 1. The lowest BCUT2D eigenvalue weighted by atomic mass is 10.2. The van der Waals surface area contributed by atoms with Crippen LogP contribution in [-0.4, -0.2) is 31.1 Å². The van der Waals surface area contributed by atoms with E-state index in [4.69, 9.17) is 4.74 Å². The van der Waals surface area contributed by atoms with Gasteiger partial charge >= 0.3 is 6.03 Å². The number of carbonyl (C=O) groups excluding carboxylic acids is 2. The Morgan fingerprint density at radius 3 is 2.71 bits per heavy atom. The van der Waals surface area contributed by atoms with Gasteiger partial charge in [0.15, 0.2) is 6.10 Å². The molecule has 0 bridgehead atoms. The van der Waals surface area contributed by atoms with Crippen LogP contribution in [0, 0.1) is 0 Å². The molecule has 1 aliphatic carbocycles. The molecule has 21 heavy (non-hydrogen) atoms. The summed E-state index contributed by atoms with van der Waals surface area (Å²) < 4.78 is 5.67. The second-order valence-corrected chi connectivity index (χ2v) is 5.09. The molecular weight excluding hydrogens is 270 g/mol. The first-order chi connectivity index (χ1) is 10.1. The number of amides is 3. The summed E-state index contributed by atoms with van der Waals surface area (Å²) in [4.78, 5) is 22.9. The molecule has 1 saturated carbocycles. The Morgan fingerprint density at radius 1 is 1.33 bits per heavy atom. The van der Waals surface area contributed by atoms with Crippen LogP contribution in [-0.2, 0) is 11.3 Å².